The molecule has 2 aromatic rings. The Bertz CT molecular complexity index is 1010. The summed E-state index contributed by atoms with van der Waals surface area (Å²) in [7, 11) is 0. The highest BCUT2D eigenvalue weighted by molar-refractivity contribution is 5.97. The summed E-state index contributed by atoms with van der Waals surface area (Å²) >= 11 is 0. The number of nitrogens with zero attached hydrogens (tertiary/aromatic N) is 2. The van der Waals surface area contributed by atoms with Crippen molar-refractivity contribution in [3.63, 3.8) is 0 Å². The maximum Gasteiger partial charge on any atom is 0.257 e. The minimum absolute atomic E-state index is 0.0135. The molecule has 2 aliphatic rings. The fourth-order valence-corrected chi connectivity index (χ4v) is 5.52. The van der Waals surface area contributed by atoms with Crippen LogP contribution in [-0.4, -0.2) is 53.4 Å². The average Bonchev–Trinajstić information content (AvgIpc) is 2.90. The molecule has 5 nitrogen and oxygen atoms in total. The summed E-state index contributed by atoms with van der Waals surface area (Å²) in [6.45, 7) is 4.15. The van der Waals surface area contributed by atoms with Crippen LogP contribution in [0.3, 0.4) is 0 Å². The minimum atomic E-state index is -0.295. The molecule has 1 saturated carbocycles. The average molecular weight is 495 g/mol. The SMILES string of the molecule is CCN1CCCCCCCN(C(=O)Cc2ccc(F)cc2)[C@@H]2CCCC[C@@H]2Oc2ccccc2C1=O. The van der Waals surface area contributed by atoms with Crippen LogP contribution in [0, 0.1) is 5.82 Å². The van der Waals surface area contributed by atoms with Crippen molar-refractivity contribution >= 4 is 11.8 Å². The van der Waals surface area contributed by atoms with Gasteiger partial charge in [0.1, 0.15) is 17.7 Å². The van der Waals surface area contributed by atoms with E-state index in [2.05, 4.69) is 0 Å². The van der Waals surface area contributed by atoms with E-state index in [0.717, 1.165) is 69.9 Å². The second kappa shape index (κ2) is 12.9. The van der Waals surface area contributed by atoms with Gasteiger partial charge in [0.05, 0.1) is 18.0 Å². The molecule has 4 rings (SSSR count). The van der Waals surface area contributed by atoms with Gasteiger partial charge in [-0.05, 0) is 68.9 Å². The maximum atomic E-state index is 13.6. The van der Waals surface area contributed by atoms with Crippen molar-refractivity contribution in [1.29, 1.82) is 0 Å². The molecule has 0 spiro atoms. The molecule has 0 bridgehead atoms. The van der Waals surface area contributed by atoms with Gasteiger partial charge in [-0.2, -0.15) is 0 Å². The van der Waals surface area contributed by atoms with Crippen LogP contribution in [0.25, 0.3) is 0 Å². The molecule has 0 N–H and O–H groups in total. The van der Waals surface area contributed by atoms with Crippen LogP contribution in [0.4, 0.5) is 4.39 Å². The van der Waals surface area contributed by atoms with Crippen LogP contribution in [0.1, 0.15) is 80.6 Å². The molecule has 36 heavy (non-hydrogen) atoms. The number of benzene rings is 2. The predicted octanol–water partition coefficient (Wildman–Crippen LogP) is 6.01. The zero-order valence-corrected chi connectivity index (χ0v) is 21.5. The smallest absolute Gasteiger partial charge is 0.257 e. The Hall–Kier alpha value is -2.89. The number of carbonyl (C=O) groups is 2. The van der Waals surface area contributed by atoms with Gasteiger partial charge in [0, 0.05) is 19.6 Å². The summed E-state index contributed by atoms with van der Waals surface area (Å²) in [5.74, 6) is 0.391. The summed E-state index contributed by atoms with van der Waals surface area (Å²) < 4.78 is 20.0. The zero-order valence-electron chi connectivity index (χ0n) is 21.5. The number of carbonyl (C=O) groups excluding carboxylic acids is 2. The lowest BCUT2D eigenvalue weighted by atomic mass is 9.90. The van der Waals surface area contributed by atoms with Crippen molar-refractivity contribution in [2.24, 2.45) is 0 Å². The number of hydrogen-bond donors (Lipinski definition) is 0. The first-order chi connectivity index (χ1) is 17.6. The second-order valence-electron chi connectivity index (χ2n) is 10.0. The van der Waals surface area contributed by atoms with Crippen LogP contribution >= 0.6 is 0 Å². The van der Waals surface area contributed by atoms with Crippen molar-refractivity contribution < 1.29 is 18.7 Å². The molecular weight excluding hydrogens is 455 g/mol. The molecule has 1 heterocycles. The molecule has 0 unspecified atom stereocenters. The molecule has 1 fully saturated rings. The quantitative estimate of drug-likeness (QED) is 0.525. The highest BCUT2D eigenvalue weighted by Gasteiger charge is 2.35. The molecule has 2 atom stereocenters. The fourth-order valence-electron chi connectivity index (χ4n) is 5.52. The van der Waals surface area contributed by atoms with Crippen LogP contribution in [0.15, 0.2) is 48.5 Å². The minimum Gasteiger partial charge on any atom is -0.487 e. The molecule has 1 aliphatic heterocycles. The summed E-state index contributed by atoms with van der Waals surface area (Å²) in [6.07, 6.45) is 9.06. The summed E-state index contributed by atoms with van der Waals surface area (Å²) in [5.41, 5.74) is 1.42. The van der Waals surface area contributed by atoms with Gasteiger partial charge >= 0.3 is 0 Å². The fraction of sp³-hybridized carbons (Fsp3) is 0.533. The number of rotatable bonds is 3. The Kier molecular flexibility index (Phi) is 9.37. The first kappa shape index (κ1) is 26.2. The number of fused-ring (bicyclic) bond motifs is 2. The first-order valence-electron chi connectivity index (χ1n) is 13.7. The Labute approximate surface area is 214 Å². The molecule has 2 aromatic carbocycles. The molecule has 194 valence electrons. The van der Waals surface area contributed by atoms with E-state index in [-0.39, 0.29) is 36.2 Å². The molecule has 0 saturated heterocycles. The Morgan fingerprint density at radius 3 is 2.39 bits per heavy atom. The van der Waals surface area contributed by atoms with Crippen LogP contribution in [0.5, 0.6) is 5.75 Å². The van der Waals surface area contributed by atoms with E-state index in [1.54, 1.807) is 12.1 Å². The third-order valence-corrected chi connectivity index (χ3v) is 7.55. The third-order valence-electron chi connectivity index (χ3n) is 7.55. The molecule has 1 aliphatic carbocycles. The highest BCUT2D eigenvalue weighted by atomic mass is 19.1. The molecule has 0 aromatic heterocycles. The number of amides is 2. The van der Waals surface area contributed by atoms with E-state index in [4.69, 9.17) is 4.74 Å². The molecule has 0 radical (unpaired) electrons. The van der Waals surface area contributed by atoms with Crippen molar-refractivity contribution in [2.45, 2.75) is 83.3 Å². The summed E-state index contributed by atoms with van der Waals surface area (Å²) in [4.78, 5) is 31.0. The predicted molar refractivity (Wildman–Crippen MR) is 140 cm³/mol. The summed E-state index contributed by atoms with van der Waals surface area (Å²) in [5, 5.41) is 0. The van der Waals surface area contributed by atoms with E-state index in [1.165, 1.54) is 12.1 Å². The van der Waals surface area contributed by atoms with Gasteiger partial charge in [-0.1, -0.05) is 49.9 Å². The maximum absolute atomic E-state index is 13.6. The van der Waals surface area contributed by atoms with E-state index in [9.17, 15) is 14.0 Å². The molecular formula is C30H39FN2O3. The van der Waals surface area contributed by atoms with E-state index < -0.39 is 0 Å². The monoisotopic (exact) mass is 494 g/mol. The number of para-hydroxylation sites is 1. The molecule has 6 heteroatoms. The van der Waals surface area contributed by atoms with Crippen molar-refractivity contribution in [3.8, 4) is 5.75 Å². The lowest BCUT2D eigenvalue weighted by Crippen LogP contribution is -2.51. The van der Waals surface area contributed by atoms with Gasteiger partial charge in [-0.25, -0.2) is 4.39 Å². The van der Waals surface area contributed by atoms with Gasteiger partial charge in [0.15, 0.2) is 0 Å². The largest absolute Gasteiger partial charge is 0.487 e. The van der Waals surface area contributed by atoms with Gasteiger partial charge in [-0.3, -0.25) is 9.59 Å². The number of hydrogen-bond acceptors (Lipinski definition) is 3. The number of ether oxygens (including phenoxy) is 1. The summed E-state index contributed by atoms with van der Waals surface area (Å²) in [6, 6.07) is 13.7. The normalized spacial score (nSPS) is 22.0. The van der Waals surface area contributed by atoms with Crippen molar-refractivity contribution in [1.82, 2.24) is 9.80 Å². The van der Waals surface area contributed by atoms with E-state index in [1.807, 2.05) is 41.0 Å². The standard InChI is InChI=1S/C30H39FN2O3/c1-2-32-20-10-4-3-5-11-21-33(29(34)22-23-16-18-24(31)19-17-23)26-13-7-9-15-28(26)36-27-14-8-6-12-25(27)30(32)35/h6,8,12,14,16-19,26,28H,2-5,7,9-11,13,15,20-22H2,1H3/t26-,28+/m1/s1. The Balaban J connectivity index is 1.62. The lowest BCUT2D eigenvalue weighted by molar-refractivity contribution is -0.136. The molecule has 2 amide bonds. The van der Waals surface area contributed by atoms with Crippen molar-refractivity contribution in [3.05, 3.63) is 65.5 Å². The van der Waals surface area contributed by atoms with E-state index >= 15 is 0 Å². The van der Waals surface area contributed by atoms with Gasteiger partial charge in [0.2, 0.25) is 5.91 Å². The Morgan fingerprint density at radius 2 is 1.61 bits per heavy atom. The van der Waals surface area contributed by atoms with Gasteiger partial charge in [-0.15, -0.1) is 0 Å². The lowest BCUT2D eigenvalue weighted by Gasteiger charge is -2.40. The van der Waals surface area contributed by atoms with Gasteiger partial charge < -0.3 is 14.5 Å². The van der Waals surface area contributed by atoms with Gasteiger partial charge in [0.25, 0.3) is 5.91 Å². The van der Waals surface area contributed by atoms with Crippen LogP contribution in [0.2, 0.25) is 0 Å². The topological polar surface area (TPSA) is 49.9 Å². The number of halogens is 1. The van der Waals surface area contributed by atoms with Crippen LogP contribution in [-0.2, 0) is 11.2 Å². The van der Waals surface area contributed by atoms with Crippen LogP contribution < -0.4 is 4.74 Å². The van der Waals surface area contributed by atoms with Crippen molar-refractivity contribution in [2.75, 3.05) is 19.6 Å². The first-order valence-corrected chi connectivity index (χ1v) is 13.7. The van der Waals surface area contributed by atoms with E-state index in [0.29, 0.717) is 24.4 Å². The third kappa shape index (κ3) is 6.65. The highest BCUT2D eigenvalue weighted by Crippen LogP contribution is 2.31. The Morgan fingerprint density at radius 1 is 0.917 bits per heavy atom. The zero-order chi connectivity index (χ0) is 25.3. The second-order valence-corrected chi connectivity index (χ2v) is 10.0.